The number of halogens is 1. The van der Waals surface area contributed by atoms with Gasteiger partial charge in [-0.1, -0.05) is 38.7 Å². The molecule has 0 aliphatic carbocycles. The van der Waals surface area contributed by atoms with Gasteiger partial charge in [0.05, 0.1) is 6.61 Å². The average Bonchev–Trinajstić information content (AvgIpc) is 2.34. The summed E-state index contributed by atoms with van der Waals surface area (Å²) in [6.45, 7) is 2.89. The molecule has 0 aliphatic rings. The number of nitrogens with zero attached hydrogens (tertiary/aromatic N) is 1. The van der Waals surface area contributed by atoms with Gasteiger partial charge in [-0.15, -0.1) is 0 Å². The largest absolute Gasteiger partial charge is 0.492 e. The van der Waals surface area contributed by atoms with Gasteiger partial charge >= 0.3 is 0 Å². The van der Waals surface area contributed by atoms with Gasteiger partial charge in [0.2, 0.25) is 0 Å². The molecule has 0 unspecified atom stereocenters. The maximum atomic E-state index is 9.01. The average molecular weight is 296 g/mol. The van der Waals surface area contributed by atoms with Gasteiger partial charge in [-0.3, -0.25) is 0 Å². The Labute approximate surface area is 112 Å². The summed E-state index contributed by atoms with van der Waals surface area (Å²) in [5, 5.41) is 9.01. The van der Waals surface area contributed by atoms with Crippen LogP contribution in [0.25, 0.3) is 0 Å². The first kappa shape index (κ1) is 14.1. The highest BCUT2D eigenvalue weighted by Crippen LogP contribution is 2.25. The minimum Gasteiger partial charge on any atom is -0.492 e. The molecule has 0 radical (unpaired) electrons. The first-order valence-electron chi connectivity index (χ1n) is 6.11. The van der Waals surface area contributed by atoms with Gasteiger partial charge in [0.25, 0.3) is 0 Å². The summed E-state index contributed by atoms with van der Waals surface area (Å²) >= 11 is 3.35. The molecule has 2 nitrogen and oxygen atoms in total. The summed E-state index contributed by atoms with van der Waals surface area (Å²) in [5.74, 6) is 0.678. The fourth-order valence-electron chi connectivity index (χ4n) is 1.62. The lowest BCUT2D eigenvalue weighted by Gasteiger charge is -2.08. The molecule has 0 heterocycles. The van der Waals surface area contributed by atoms with Gasteiger partial charge in [0, 0.05) is 4.47 Å². The van der Waals surface area contributed by atoms with Gasteiger partial charge in [0.1, 0.15) is 17.4 Å². The topological polar surface area (TPSA) is 33.0 Å². The van der Waals surface area contributed by atoms with E-state index in [0.29, 0.717) is 17.9 Å². The molecule has 0 spiro atoms. The normalized spacial score (nSPS) is 9.94. The molecule has 17 heavy (non-hydrogen) atoms. The molecule has 0 fully saturated rings. The summed E-state index contributed by atoms with van der Waals surface area (Å²) in [7, 11) is 0. The van der Waals surface area contributed by atoms with Crippen molar-refractivity contribution in [3.05, 3.63) is 28.2 Å². The summed E-state index contributed by atoms with van der Waals surface area (Å²) < 4.78 is 6.43. The first-order valence-corrected chi connectivity index (χ1v) is 6.90. The second-order valence-electron chi connectivity index (χ2n) is 3.99. The Morgan fingerprint density at radius 2 is 2.00 bits per heavy atom. The molecule has 1 rings (SSSR count). The zero-order chi connectivity index (χ0) is 12.5. The van der Waals surface area contributed by atoms with Gasteiger partial charge in [-0.25, -0.2) is 0 Å². The fraction of sp³-hybridized carbons (Fsp3) is 0.500. The molecule has 0 aromatic heterocycles. The van der Waals surface area contributed by atoms with Crippen molar-refractivity contribution in [1.82, 2.24) is 0 Å². The Kier molecular flexibility index (Phi) is 6.73. The van der Waals surface area contributed by atoms with Gasteiger partial charge in [-0.2, -0.15) is 5.26 Å². The van der Waals surface area contributed by atoms with Crippen LogP contribution in [-0.4, -0.2) is 6.61 Å². The number of nitriles is 1. The molecule has 1 aromatic rings. The second-order valence-corrected chi connectivity index (χ2v) is 4.84. The zero-order valence-electron chi connectivity index (χ0n) is 10.2. The highest BCUT2D eigenvalue weighted by atomic mass is 79.9. The first-order chi connectivity index (χ1) is 8.29. The number of unbranched alkanes of at least 4 members (excludes halogenated alkanes) is 4. The van der Waals surface area contributed by atoms with Crippen LogP contribution in [-0.2, 0) is 0 Å². The third kappa shape index (κ3) is 4.79. The molecule has 0 saturated carbocycles. The number of hydrogen-bond acceptors (Lipinski definition) is 2. The Balaban J connectivity index is 2.37. The third-order valence-electron chi connectivity index (χ3n) is 2.59. The van der Waals surface area contributed by atoms with Crippen molar-refractivity contribution in [3.8, 4) is 11.8 Å². The van der Waals surface area contributed by atoms with Crippen molar-refractivity contribution in [2.75, 3.05) is 6.61 Å². The monoisotopic (exact) mass is 295 g/mol. The van der Waals surface area contributed by atoms with Gasteiger partial charge < -0.3 is 4.74 Å². The number of rotatable bonds is 7. The van der Waals surface area contributed by atoms with E-state index in [1.807, 2.05) is 18.2 Å². The smallest absolute Gasteiger partial charge is 0.138 e. The molecule has 0 atom stereocenters. The maximum Gasteiger partial charge on any atom is 0.138 e. The van der Waals surface area contributed by atoms with E-state index < -0.39 is 0 Å². The van der Waals surface area contributed by atoms with Crippen molar-refractivity contribution < 1.29 is 4.74 Å². The van der Waals surface area contributed by atoms with Crippen LogP contribution in [0.15, 0.2) is 22.7 Å². The summed E-state index contributed by atoms with van der Waals surface area (Å²) in [4.78, 5) is 0. The molecule has 0 amide bonds. The summed E-state index contributed by atoms with van der Waals surface area (Å²) in [5.41, 5.74) is 0.584. The molecule has 0 aliphatic heterocycles. The summed E-state index contributed by atoms with van der Waals surface area (Å²) in [6, 6.07) is 7.74. The molecule has 0 saturated heterocycles. The van der Waals surface area contributed by atoms with Crippen LogP contribution >= 0.6 is 15.9 Å². The maximum absolute atomic E-state index is 9.01. The minimum absolute atomic E-state index is 0.584. The molecule has 0 N–H and O–H groups in total. The molecule has 3 heteroatoms. The zero-order valence-corrected chi connectivity index (χ0v) is 11.8. The number of hydrogen-bond donors (Lipinski definition) is 0. The Bertz CT molecular complexity index is 384. The Hall–Kier alpha value is -1.01. The number of benzene rings is 1. The molecular formula is C14H18BrNO. The predicted octanol–water partition coefficient (Wildman–Crippen LogP) is 4.67. The lowest BCUT2D eigenvalue weighted by atomic mass is 10.2. The minimum atomic E-state index is 0.584. The van der Waals surface area contributed by atoms with E-state index in [1.54, 1.807) is 0 Å². The van der Waals surface area contributed by atoms with Gasteiger partial charge in [-0.05, 0) is 34.5 Å². The highest BCUT2D eigenvalue weighted by Gasteiger charge is 2.06. The predicted molar refractivity (Wildman–Crippen MR) is 73.1 cm³/mol. The van der Waals surface area contributed by atoms with Crippen molar-refractivity contribution in [2.24, 2.45) is 0 Å². The van der Waals surface area contributed by atoms with E-state index in [2.05, 4.69) is 28.9 Å². The number of ether oxygens (including phenoxy) is 1. The Morgan fingerprint density at radius 3 is 2.71 bits per heavy atom. The second kappa shape index (κ2) is 8.14. The lowest BCUT2D eigenvalue weighted by Crippen LogP contribution is -1.99. The van der Waals surface area contributed by atoms with Gasteiger partial charge in [0.15, 0.2) is 0 Å². The van der Waals surface area contributed by atoms with E-state index >= 15 is 0 Å². The van der Waals surface area contributed by atoms with E-state index in [0.717, 1.165) is 10.9 Å². The van der Waals surface area contributed by atoms with Crippen LogP contribution in [0.5, 0.6) is 5.75 Å². The fourth-order valence-corrected chi connectivity index (χ4v) is 2.06. The van der Waals surface area contributed by atoms with Crippen molar-refractivity contribution in [2.45, 2.75) is 39.0 Å². The van der Waals surface area contributed by atoms with E-state index in [1.165, 1.54) is 25.7 Å². The lowest BCUT2D eigenvalue weighted by molar-refractivity contribution is 0.303. The van der Waals surface area contributed by atoms with Crippen LogP contribution in [0.2, 0.25) is 0 Å². The van der Waals surface area contributed by atoms with Crippen LogP contribution < -0.4 is 4.74 Å². The molecular weight excluding hydrogens is 278 g/mol. The van der Waals surface area contributed by atoms with E-state index in [-0.39, 0.29) is 0 Å². The van der Waals surface area contributed by atoms with Crippen molar-refractivity contribution in [3.63, 3.8) is 0 Å². The standard InChI is InChI=1S/C14H18BrNO/c1-2-3-4-5-6-10-17-14-9-7-8-13(15)12(14)11-16/h7-9H,2-6,10H2,1H3. The van der Waals surface area contributed by atoms with Crippen molar-refractivity contribution >= 4 is 15.9 Å². The quantitative estimate of drug-likeness (QED) is 0.685. The van der Waals surface area contributed by atoms with Crippen LogP contribution in [0.1, 0.15) is 44.6 Å². The SMILES string of the molecule is CCCCCCCOc1cccc(Br)c1C#N. The van der Waals surface area contributed by atoms with Crippen molar-refractivity contribution in [1.29, 1.82) is 5.26 Å². The van der Waals surface area contributed by atoms with Crippen LogP contribution in [0.3, 0.4) is 0 Å². The molecule has 0 bridgehead atoms. The summed E-state index contributed by atoms with van der Waals surface area (Å²) in [6.07, 6.45) is 6.07. The van der Waals surface area contributed by atoms with Crippen LogP contribution in [0.4, 0.5) is 0 Å². The Morgan fingerprint density at radius 1 is 1.24 bits per heavy atom. The van der Waals surface area contributed by atoms with E-state index in [4.69, 9.17) is 10.00 Å². The highest BCUT2D eigenvalue weighted by molar-refractivity contribution is 9.10. The molecule has 92 valence electrons. The van der Waals surface area contributed by atoms with Crippen LogP contribution in [0, 0.1) is 11.3 Å². The van der Waals surface area contributed by atoms with E-state index in [9.17, 15) is 0 Å². The molecule has 1 aromatic carbocycles. The third-order valence-corrected chi connectivity index (χ3v) is 3.25.